The van der Waals surface area contributed by atoms with Crippen molar-refractivity contribution >= 4 is 11.6 Å². The molecule has 2 heteroatoms. The third-order valence-electron chi connectivity index (χ3n) is 0.739. The molecule has 0 aromatic rings. The summed E-state index contributed by atoms with van der Waals surface area (Å²) in [6, 6.07) is 0. The summed E-state index contributed by atoms with van der Waals surface area (Å²) in [5.41, 5.74) is 1.38. The van der Waals surface area contributed by atoms with Gasteiger partial charge in [0.1, 0.15) is 0 Å². The maximum atomic E-state index is 8.76. The van der Waals surface area contributed by atoms with Gasteiger partial charge in [-0.05, 0) is 6.42 Å². The zero-order valence-electron chi connectivity index (χ0n) is 4.55. The first kappa shape index (κ1) is 7.73. The highest BCUT2D eigenvalue weighted by atomic mass is 35.5. The largest absolute Gasteiger partial charge is 0.389 e. The average molecular weight is 133 g/mol. The number of hydrogen-bond donors (Lipinski definition) is 1. The number of aliphatic hydroxyl groups excluding tert-OH is 1. The zero-order valence-corrected chi connectivity index (χ0v) is 5.30. The Kier molecular flexibility index (Phi) is 4.71. The van der Waals surface area contributed by atoms with Gasteiger partial charge < -0.3 is 5.11 Å². The van der Waals surface area contributed by atoms with Crippen molar-refractivity contribution in [3.05, 3.63) is 24.3 Å². The van der Waals surface area contributed by atoms with Crippen molar-refractivity contribution in [2.75, 3.05) is 0 Å². The molecular formula is C6H9ClO. The van der Waals surface area contributed by atoms with Gasteiger partial charge in [-0.15, -0.1) is 6.58 Å². The number of halogens is 1. The van der Waals surface area contributed by atoms with Gasteiger partial charge in [0.15, 0.2) is 0 Å². The van der Waals surface area contributed by atoms with Crippen molar-refractivity contribution in [1.29, 1.82) is 0 Å². The Morgan fingerprint density at radius 3 is 2.75 bits per heavy atom. The summed E-state index contributed by atoms with van der Waals surface area (Å²) < 4.78 is 0. The quantitative estimate of drug-likeness (QED) is 0.580. The minimum absolute atomic E-state index is 0.454. The number of aliphatic hydroxyl groups is 1. The van der Waals surface area contributed by atoms with Crippen LogP contribution in [0.2, 0.25) is 0 Å². The van der Waals surface area contributed by atoms with Crippen LogP contribution in [0.3, 0.4) is 0 Å². The smallest absolute Gasteiger partial charge is 0.0753 e. The van der Waals surface area contributed by atoms with Crippen LogP contribution in [-0.4, -0.2) is 11.2 Å². The Hall–Kier alpha value is -0.270. The molecule has 0 rings (SSSR count). The highest BCUT2D eigenvalue weighted by molar-refractivity contribution is 6.25. The second-order valence-corrected chi connectivity index (χ2v) is 1.65. The molecule has 1 unspecified atom stereocenters. The molecule has 0 radical (unpaired) electrons. The molecule has 0 aliphatic carbocycles. The monoisotopic (exact) mass is 132 g/mol. The fourth-order valence-corrected chi connectivity index (χ4v) is 0.390. The van der Waals surface area contributed by atoms with E-state index in [0.29, 0.717) is 6.42 Å². The molecule has 0 aliphatic heterocycles. The topological polar surface area (TPSA) is 20.2 Å². The minimum Gasteiger partial charge on any atom is -0.389 e. The summed E-state index contributed by atoms with van der Waals surface area (Å²) in [4.78, 5) is 0. The molecule has 0 saturated heterocycles. The Morgan fingerprint density at radius 1 is 1.75 bits per heavy atom. The van der Waals surface area contributed by atoms with E-state index in [-0.39, 0.29) is 0 Å². The molecule has 1 N–H and O–H groups in total. The normalized spacial score (nSPS) is 14.2. The molecule has 1 nitrogen and oxygen atoms in total. The van der Waals surface area contributed by atoms with Crippen LogP contribution in [0.1, 0.15) is 6.42 Å². The lowest BCUT2D eigenvalue weighted by Gasteiger charge is -1.95. The maximum absolute atomic E-state index is 8.76. The molecular weight excluding hydrogens is 124 g/mol. The van der Waals surface area contributed by atoms with Crippen LogP contribution >= 0.6 is 11.6 Å². The standard InChI is InChI=1S/C6H9ClO/c1-2-6(8)4-3-5-7/h2-3,5-6,8H,1,4H2/b5-3-. The Morgan fingerprint density at radius 2 is 2.38 bits per heavy atom. The van der Waals surface area contributed by atoms with Crippen LogP contribution in [0.4, 0.5) is 0 Å². The molecule has 0 aliphatic rings. The van der Waals surface area contributed by atoms with Gasteiger partial charge >= 0.3 is 0 Å². The van der Waals surface area contributed by atoms with Gasteiger partial charge in [-0.2, -0.15) is 0 Å². The summed E-state index contributed by atoms with van der Waals surface area (Å²) in [6.45, 7) is 3.39. The zero-order chi connectivity index (χ0) is 6.41. The van der Waals surface area contributed by atoms with E-state index in [1.54, 1.807) is 6.08 Å². The van der Waals surface area contributed by atoms with Crippen molar-refractivity contribution in [3.63, 3.8) is 0 Å². The number of hydrogen-bond acceptors (Lipinski definition) is 1. The van der Waals surface area contributed by atoms with Crippen LogP contribution in [0.15, 0.2) is 24.3 Å². The van der Waals surface area contributed by atoms with E-state index in [9.17, 15) is 0 Å². The SMILES string of the molecule is C=CC(O)C/C=C\Cl. The van der Waals surface area contributed by atoms with E-state index in [2.05, 4.69) is 6.58 Å². The van der Waals surface area contributed by atoms with Gasteiger partial charge in [-0.25, -0.2) is 0 Å². The molecule has 0 bridgehead atoms. The fourth-order valence-electron chi connectivity index (χ4n) is 0.287. The van der Waals surface area contributed by atoms with E-state index >= 15 is 0 Å². The maximum Gasteiger partial charge on any atom is 0.0753 e. The van der Waals surface area contributed by atoms with E-state index in [0.717, 1.165) is 0 Å². The highest BCUT2D eigenvalue weighted by Gasteiger charge is 1.89. The Labute approximate surface area is 54.3 Å². The van der Waals surface area contributed by atoms with Gasteiger partial charge in [0, 0.05) is 5.54 Å². The third-order valence-corrected chi connectivity index (χ3v) is 0.917. The van der Waals surface area contributed by atoms with Crippen molar-refractivity contribution in [3.8, 4) is 0 Å². The third kappa shape index (κ3) is 3.90. The second kappa shape index (κ2) is 4.88. The predicted octanol–water partition coefficient (Wildman–Crippen LogP) is 1.68. The van der Waals surface area contributed by atoms with Crippen molar-refractivity contribution in [2.45, 2.75) is 12.5 Å². The number of rotatable bonds is 3. The molecule has 0 aromatic heterocycles. The van der Waals surface area contributed by atoms with Crippen LogP contribution in [0.5, 0.6) is 0 Å². The fraction of sp³-hybridized carbons (Fsp3) is 0.333. The van der Waals surface area contributed by atoms with Crippen LogP contribution in [-0.2, 0) is 0 Å². The highest BCUT2D eigenvalue weighted by Crippen LogP contribution is 1.93. The first-order valence-corrected chi connectivity index (χ1v) is 2.80. The summed E-state index contributed by atoms with van der Waals surface area (Å²) in [7, 11) is 0. The Bertz CT molecular complexity index is 88.5. The van der Waals surface area contributed by atoms with Crippen LogP contribution in [0, 0.1) is 0 Å². The molecule has 1 atom stereocenters. The molecule has 0 spiro atoms. The molecule has 0 amide bonds. The van der Waals surface area contributed by atoms with Crippen molar-refractivity contribution in [2.24, 2.45) is 0 Å². The van der Waals surface area contributed by atoms with Gasteiger partial charge in [0.05, 0.1) is 6.10 Å². The summed E-state index contributed by atoms with van der Waals surface area (Å²) >= 11 is 5.18. The molecule has 0 fully saturated rings. The van der Waals surface area contributed by atoms with E-state index in [1.807, 2.05) is 0 Å². The molecule has 0 saturated carbocycles. The van der Waals surface area contributed by atoms with E-state index in [1.165, 1.54) is 11.6 Å². The Balaban J connectivity index is 3.23. The van der Waals surface area contributed by atoms with Gasteiger partial charge in [0.25, 0.3) is 0 Å². The van der Waals surface area contributed by atoms with Gasteiger partial charge in [-0.1, -0.05) is 23.8 Å². The lowest BCUT2D eigenvalue weighted by atomic mass is 10.2. The molecule has 0 heterocycles. The average Bonchev–Trinajstić information content (AvgIpc) is 1.83. The van der Waals surface area contributed by atoms with Crippen molar-refractivity contribution in [1.82, 2.24) is 0 Å². The lowest BCUT2D eigenvalue weighted by molar-refractivity contribution is 0.227. The van der Waals surface area contributed by atoms with E-state index in [4.69, 9.17) is 16.7 Å². The summed E-state index contributed by atoms with van der Waals surface area (Å²) in [5, 5.41) is 8.76. The van der Waals surface area contributed by atoms with E-state index < -0.39 is 6.10 Å². The second-order valence-electron chi connectivity index (χ2n) is 1.40. The lowest BCUT2D eigenvalue weighted by Crippen LogP contribution is -1.97. The summed E-state index contributed by atoms with van der Waals surface area (Å²) in [5.74, 6) is 0. The summed E-state index contributed by atoms with van der Waals surface area (Å²) in [6.07, 6.45) is 3.24. The van der Waals surface area contributed by atoms with Crippen molar-refractivity contribution < 1.29 is 5.11 Å². The molecule has 8 heavy (non-hydrogen) atoms. The molecule has 46 valence electrons. The first-order chi connectivity index (χ1) is 3.81. The van der Waals surface area contributed by atoms with Gasteiger partial charge in [-0.3, -0.25) is 0 Å². The van der Waals surface area contributed by atoms with Crippen LogP contribution in [0.25, 0.3) is 0 Å². The van der Waals surface area contributed by atoms with Crippen LogP contribution < -0.4 is 0 Å². The molecule has 0 aromatic carbocycles. The predicted molar refractivity (Wildman–Crippen MR) is 35.8 cm³/mol. The minimum atomic E-state index is -0.454. The first-order valence-electron chi connectivity index (χ1n) is 2.37. The van der Waals surface area contributed by atoms with Gasteiger partial charge in [0.2, 0.25) is 0 Å².